The number of halogens is 1. The molecule has 1 fully saturated rings. The van der Waals surface area contributed by atoms with E-state index < -0.39 is 6.10 Å². The van der Waals surface area contributed by atoms with Crippen LogP contribution in [0.4, 0.5) is 10.8 Å². The highest BCUT2D eigenvalue weighted by Crippen LogP contribution is 2.29. The summed E-state index contributed by atoms with van der Waals surface area (Å²) in [6.45, 7) is 0. The van der Waals surface area contributed by atoms with E-state index >= 15 is 0 Å². The van der Waals surface area contributed by atoms with Gasteiger partial charge in [0.05, 0.1) is 23.9 Å². The van der Waals surface area contributed by atoms with Gasteiger partial charge in [-0.25, -0.2) is 4.98 Å². The third-order valence-electron chi connectivity index (χ3n) is 5.50. The Labute approximate surface area is 194 Å². The van der Waals surface area contributed by atoms with Crippen LogP contribution in [0.3, 0.4) is 0 Å². The van der Waals surface area contributed by atoms with Gasteiger partial charge >= 0.3 is 0 Å². The van der Waals surface area contributed by atoms with Crippen molar-refractivity contribution in [1.82, 2.24) is 10.3 Å². The van der Waals surface area contributed by atoms with Gasteiger partial charge in [-0.05, 0) is 58.5 Å². The summed E-state index contributed by atoms with van der Waals surface area (Å²) in [5.41, 5.74) is 9.14. The Morgan fingerprint density at radius 2 is 2.10 bits per heavy atom. The van der Waals surface area contributed by atoms with Crippen LogP contribution in [0, 0.1) is 0 Å². The molecule has 1 amide bonds. The van der Waals surface area contributed by atoms with E-state index in [1.54, 1.807) is 5.38 Å². The molecule has 8 heteroatoms. The van der Waals surface area contributed by atoms with Crippen molar-refractivity contribution in [2.45, 2.75) is 43.9 Å². The lowest BCUT2D eigenvalue weighted by molar-refractivity contribution is -0.115. The molecular weight excluding hydrogens is 476 g/mol. The number of nitrogens with one attached hydrogen (secondary N) is 2. The van der Waals surface area contributed by atoms with Crippen LogP contribution in [0.5, 0.6) is 0 Å². The maximum Gasteiger partial charge on any atom is 0.230 e. The third-order valence-corrected chi connectivity index (χ3v) is 6.88. The number of carbonyl (C=O) groups excluding carboxylic acids is 1. The Hall–Kier alpha value is -2.26. The first-order valence-corrected chi connectivity index (χ1v) is 11.9. The van der Waals surface area contributed by atoms with Gasteiger partial charge in [0.15, 0.2) is 5.13 Å². The quantitative estimate of drug-likeness (QED) is 0.391. The molecule has 162 valence electrons. The minimum Gasteiger partial charge on any atom is -0.387 e. The van der Waals surface area contributed by atoms with Gasteiger partial charge in [0.25, 0.3) is 0 Å². The van der Waals surface area contributed by atoms with Gasteiger partial charge in [0, 0.05) is 21.9 Å². The monoisotopic (exact) mass is 500 g/mol. The molecule has 2 aromatic carbocycles. The fraction of sp³-hybridized carbons (Fsp3) is 0.304. The summed E-state index contributed by atoms with van der Waals surface area (Å²) < 4.78 is 0.843. The number of benzene rings is 2. The molecule has 6 nitrogen and oxygen atoms in total. The molecule has 3 atom stereocenters. The number of hydrogen-bond acceptors (Lipinski definition) is 6. The lowest BCUT2D eigenvalue weighted by atomic mass is 10.0. The van der Waals surface area contributed by atoms with Crippen LogP contribution in [0.1, 0.15) is 35.8 Å². The van der Waals surface area contributed by atoms with Crippen LogP contribution in [0.15, 0.2) is 58.4 Å². The predicted octanol–water partition coefficient (Wildman–Crippen LogP) is 4.07. The minimum atomic E-state index is -0.497. The number of thiazole rings is 1. The molecule has 1 aromatic heterocycles. The number of nitrogen functional groups attached to an aromatic ring is 1. The SMILES string of the molecule is Nc1nc(CC(=O)Nc2ccc(C[C@@H]3CC[C@H]([C@H](O)c4ccccc4)N3)cc2Br)cs1. The largest absolute Gasteiger partial charge is 0.387 e. The molecule has 0 spiro atoms. The number of hydrogen-bond donors (Lipinski definition) is 4. The summed E-state index contributed by atoms with van der Waals surface area (Å²) in [6, 6.07) is 16.2. The fourth-order valence-corrected chi connectivity index (χ4v) is 5.06. The van der Waals surface area contributed by atoms with Crippen LogP contribution in [-0.2, 0) is 17.6 Å². The summed E-state index contributed by atoms with van der Waals surface area (Å²) in [5.74, 6) is -0.131. The van der Waals surface area contributed by atoms with Gasteiger partial charge in [-0.1, -0.05) is 36.4 Å². The maximum atomic E-state index is 12.3. The third kappa shape index (κ3) is 5.71. The van der Waals surface area contributed by atoms with Crippen molar-refractivity contribution >= 4 is 44.0 Å². The summed E-state index contributed by atoms with van der Waals surface area (Å²) in [7, 11) is 0. The summed E-state index contributed by atoms with van der Waals surface area (Å²) in [6.07, 6.45) is 2.52. The summed E-state index contributed by atoms with van der Waals surface area (Å²) >= 11 is 4.90. The molecule has 1 aliphatic rings. The molecule has 31 heavy (non-hydrogen) atoms. The normalized spacial score (nSPS) is 19.3. The zero-order valence-electron chi connectivity index (χ0n) is 16.9. The van der Waals surface area contributed by atoms with Gasteiger partial charge in [-0.2, -0.15) is 0 Å². The van der Waals surface area contributed by atoms with Gasteiger partial charge in [-0.15, -0.1) is 11.3 Å². The number of rotatable bonds is 7. The lowest BCUT2D eigenvalue weighted by Gasteiger charge is -2.20. The molecular formula is C23H25BrN4O2S. The molecule has 1 saturated heterocycles. The molecule has 1 aliphatic heterocycles. The Bertz CT molecular complexity index is 1040. The smallest absolute Gasteiger partial charge is 0.230 e. The van der Waals surface area contributed by atoms with Crippen LogP contribution in [0.2, 0.25) is 0 Å². The van der Waals surface area contributed by atoms with Gasteiger partial charge in [0.1, 0.15) is 0 Å². The number of aliphatic hydroxyl groups is 1. The van der Waals surface area contributed by atoms with Crippen molar-refractivity contribution in [3.05, 3.63) is 75.2 Å². The second-order valence-electron chi connectivity index (χ2n) is 7.82. The number of anilines is 2. The molecule has 5 N–H and O–H groups in total. The van der Waals surface area contributed by atoms with Crippen molar-refractivity contribution < 1.29 is 9.90 Å². The molecule has 0 aliphatic carbocycles. The topological polar surface area (TPSA) is 100 Å². The first-order valence-electron chi connectivity index (χ1n) is 10.2. The minimum absolute atomic E-state index is 0.0640. The van der Waals surface area contributed by atoms with Crippen molar-refractivity contribution in [3.63, 3.8) is 0 Å². The Kier molecular flexibility index (Phi) is 7.02. The fourth-order valence-electron chi connectivity index (χ4n) is 3.98. The van der Waals surface area contributed by atoms with Crippen molar-refractivity contribution in [3.8, 4) is 0 Å². The zero-order valence-corrected chi connectivity index (χ0v) is 19.3. The average Bonchev–Trinajstić information content (AvgIpc) is 3.39. The number of carbonyl (C=O) groups is 1. The van der Waals surface area contributed by atoms with E-state index in [9.17, 15) is 9.90 Å². The highest BCUT2D eigenvalue weighted by Gasteiger charge is 2.29. The van der Waals surface area contributed by atoms with Crippen LogP contribution < -0.4 is 16.4 Å². The van der Waals surface area contributed by atoms with Crippen molar-refractivity contribution in [2.75, 3.05) is 11.1 Å². The van der Waals surface area contributed by atoms with Crippen molar-refractivity contribution in [2.24, 2.45) is 0 Å². The number of nitrogens with zero attached hydrogens (tertiary/aromatic N) is 1. The Morgan fingerprint density at radius 1 is 1.29 bits per heavy atom. The highest BCUT2D eigenvalue weighted by molar-refractivity contribution is 9.10. The highest BCUT2D eigenvalue weighted by atomic mass is 79.9. The second kappa shape index (κ2) is 9.91. The van der Waals surface area contributed by atoms with Crippen LogP contribution in [0.25, 0.3) is 0 Å². The molecule has 0 radical (unpaired) electrons. The van der Waals surface area contributed by atoms with Crippen molar-refractivity contribution in [1.29, 1.82) is 0 Å². The first kappa shape index (κ1) is 22.0. The molecule has 3 aromatic rings. The van der Waals surface area contributed by atoms with E-state index in [0.717, 1.165) is 35.0 Å². The molecule has 0 bridgehead atoms. The van der Waals surface area contributed by atoms with Gasteiger partial charge in [0.2, 0.25) is 5.91 Å². The van der Waals surface area contributed by atoms with Gasteiger partial charge in [-0.3, -0.25) is 4.79 Å². The lowest BCUT2D eigenvalue weighted by Crippen LogP contribution is -2.35. The van der Waals surface area contributed by atoms with Crippen LogP contribution >= 0.6 is 27.3 Å². The standard InChI is InChI=1S/C23H25BrN4O2S/c24-18-11-14(6-8-19(18)28-21(29)12-17-13-31-23(25)27-17)10-16-7-9-20(26-16)22(30)15-4-2-1-3-5-15/h1-6,8,11,13,16,20,22,26,30H,7,9-10,12H2,(H2,25,27)(H,28,29)/t16-,20+,22+/m0/s1. The molecule has 0 saturated carbocycles. The van der Waals surface area contributed by atoms with E-state index in [1.807, 2.05) is 48.5 Å². The number of aromatic nitrogens is 1. The van der Waals surface area contributed by atoms with E-state index in [2.05, 4.69) is 31.5 Å². The number of nitrogens with two attached hydrogens (primary N) is 1. The zero-order chi connectivity index (χ0) is 21.8. The maximum absolute atomic E-state index is 12.3. The van der Waals surface area contributed by atoms with E-state index in [1.165, 1.54) is 16.9 Å². The second-order valence-corrected chi connectivity index (χ2v) is 9.57. The van der Waals surface area contributed by atoms with Crippen LogP contribution in [-0.4, -0.2) is 28.1 Å². The summed E-state index contributed by atoms with van der Waals surface area (Å²) in [5, 5.41) is 19.4. The van der Waals surface area contributed by atoms with Gasteiger partial charge < -0.3 is 21.5 Å². The molecule has 2 heterocycles. The predicted molar refractivity (Wildman–Crippen MR) is 128 cm³/mol. The Morgan fingerprint density at radius 3 is 2.81 bits per heavy atom. The average molecular weight is 501 g/mol. The van der Waals surface area contributed by atoms with E-state index in [0.29, 0.717) is 16.9 Å². The number of amides is 1. The summed E-state index contributed by atoms with van der Waals surface area (Å²) in [4.78, 5) is 16.4. The number of aliphatic hydroxyl groups excluding tert-OH is 1. The molecule has 4 rings (SSSR count). The molecule has 0 unspecified atom stereocenters. The van der Waals surface area contributed by atoms with E-state index in [-0.39, 0.29) is 18.4 Å². The first-order chi connectivity index (χ1) is 15.0. The Balaban J connectivity index is 1.31. The van der Waals surface area contributed by atoms with E-state index in [4.69, 9.17) is 5.73 Å².